The number of aliphatic hydroxyl groups excluding tert-OH is 1. The summed E-state index contributed by atoms with van der Waals surface area (Å²) in [7, 11) is 0. The first-order chi connectivity index (χ1) is 20.8. The standard InChI is InChI=1S/C32H48N2O4.C2HF3O2/c1-9-33-28-16-15-27-19-22(3)13-14-23(4)31(24(5)30(37)25(6)34-26(7)35)38-29(36)12-10-11-21(2)17-18-32(27,8)20-28;3-2(4,5)1(6)7/h10-19,23-25,27-28,30-31,33,37H,9,20H2,1-8H3,(H,34,35);(H,6,7)/b12-10-,14-13-,18-17-,21-11-,22-19-;/t23-,24-,25-,27-,28-,30+,31-,32-;/m1./s1. The van der Waals surface area contributed by atoms with Crippen LogP contribution in [0.5, 0.6) is 0 Å². The van der Waals surface area contributed by atoms with Crippen molar-refractivity contribution in [3.63, 3.8) is 0 Å². The monoisotopic (exact) mass is 638 g/mol. The van der Waals surface area contributed by atoms with Gasteiger partial charge in [-0.3, -0.25) is 4.79 Å². The number of hydrogen-bond donors (Lipinski definition) is 3. The Labute approximate surface area is 264 Å². The molecule has 8 atom stereocenters. The summed E-state index contributed by atoms with van der Waals surface area (Å²) in [5, 5.41) is 24.9. The summed E-state index contributed by atoms with van der Waals surface area (Å²) < 4.78 is 37.4. The Bertz CT molecular complexity index is 1200. The van der Waals surface area contributed by atoms with E-state index in [2.05, 4.69) is 67.9 Å². The molecule has 0 aromatic rings. The van der Waals surface area contributed by atoms with E-state index in [1.807, 2.05) is 32.9 Å². The molecule has 2 rings (SSSR count). The maximum Gasteiger partial charge on any atom is 0.430 e. The van der Waals surface area contributed by atoms with Crippen LogP contribution in [0.1, 0.15) is 61.8 Å². The number of ether oxygens (including phenoxy) is 1. The molecule has 1 heterocycles. The summed E-state index contributed by atoms with van der Waals surface area (Å²) in [4.78, 5) is 33.1. The lowest BCUT2D eigenvalue weighted by atomic mass is 9.68. The zero-order valence-electron chi connectivity index (χ0n) is 27.4. The lowest BCUT2D eigenvalue weighted by molar-refractivity contribution is -0.678. The van der Waals surface area contributed by atoms with Gasteiger partial charge in [0.05, 0.1) is 18.7 Å². The molecule has 0 bridgehead atoms. The number of rotatable bonds is 6. The van der Waals surface area contributed by atoms with Crippen LogP contribution >= 0.6 is 0 Å². The van der Waals surface area contributed by atoms with Gasteiger partial charge >= 0.3 is 12.1 Å². The second-order valence-corrected chi connectivity index (χ2v) is 12.2. The number of allylic oxidation sites excluding steroid dienone is 9. The Morgan fingerprint density at radius 3 is 2.33 bits per heavy atom. The van der Waals surface area contributed by atoms with Crippen LogP contribution in [0.3, 0.4) is 0 Å². The fraction of sp³-hybridized carbons (Fsp3) is 0.559. The zero-order chi connectivity index (χ0) is 34.5. The molecule has 0 saturated heterocycles. The highest BCUT2D eigenvalue weighted by atomic mass is 19.4. The minimum atomic E-state index is -5.19. The van der Waals surface area contributed by atoms with Crippen LogP contribution in [0.4, 0.5) is 13.2 Å². The molecule has 45 heavy (non-hydrogen) atoms. The molecule has 0 fully saturated rings. The third-order valence-electron chi connectivity index (χ3n) is 7.97. The fourth-order valence-corrected chi connectivity index (χ4v) is 5.41. The highest BCUT2D eigenvalue weighted by Crippen LogP contribution is 2.40. The number of nitrogens with one attached hydrogen (secondary N) is 1. The Balaban J connectivity index is 0.00000129. The van der Waals surface area contributed by atoms with Crippen LogP contribution in [0.25, 0.3) is 0 Å². The van der Waals surface area contributed by atoms with E-state index in [0.29, 0.717) is 6.04 Å². The number of carbonyl (C=O) groups excluding carboxylic acids is 3. The number of carboxylic acid groups (broad SMARTS) is 1. The number of nitrogens with two attached hydrogens (primary N) is 1. The lowest BCUT2D eigenvalue weighted by Crippen LogP contribution is -2.89. The van der Waals surface area contributed by atoms with Crippen LogP contribution in [0.2, 0.25) is 0 Å². The summed E-state index contributed by atoms with van der Waals surface area (Å²) in [5.74, 6) is -4.00. The molecule has 2 aliphatic rings. The fourth-order valence-electron chi connectivity index (χ4n) is 5.41. The van der Waals surface area contributed by atoms with E-state index in [0.717, 1.165) is 24.1 Å². The molecule has 0 aromatic carbocycles. The molecule has 11 heteroatoms. The van der Waals surface area contributed by atoms with Gasteiger partial charge in [-0.2, -0.15) is 13.2 Å². The van der Waals surface area contributed by atoms with Crippen molar-refractivity contribution in [3.8, 4) is 0 Å². The largest absolute Gasteiger partial charge is 0.542 e. The predicted octanol–water partition coefficient (Wildman–Crippen LogP) is 3.46. The molecule has 1 aliphatic carbocycles. The molecule has 1 aliphatic heterocycles. The highest BCUT2D eigenvalue weighted by Gasteiger charge is 2.36. The van der Waals surface area contributed by atoms with Crippen LogP contribution in [-0.2, 0) is 19.1 Å². The van der Waals surface area contributed by atoms with Gasteiger partial charge in [0.25, 0.3) is 0 Å². The number of carbonyl (C=O) groups is 3. The second-order valence-electron chi connectivity index (χ2n) is 12.2. The SMILES string of the molecule is CC[NH2+][C@@H]1C=C[C@@H]2/C=C(C)\C=C/[C@@H](C)[C@H]([C@H](C)[C@H](O)[C@@H](C)NC(C)=O)OC(=O)\C=C/C=C(C)\C=C/[C@]2(C)C1.O=C([O-])C(F)(F)F. The summed E-state index contributed by atoms with van der Waals surface area (Å²) >= 11 is 0. The number of carboxylic acids is 1. The molecule has 8 nitrogen and oxygen atoms in total. The maximum absolute atomic E-state index is 12.8. The van der Waals surface area contributed by atoms with Gasteiger partial charge in [-0.25, -0.2) is 4.79 Å². The number of quaternary nitrogens is 1. The number of cyclic esters (lactones) is 1. The van der Waals surface area contributed by atoms with E-state index in [1.54, 1.807) is 13.0 Å². The van der Waals surface area contributed by atoms with Gasteiger partial charge in [0.1, 0.15) is 18.1 Å². The van der Waals surface area contributed by atoms with Gasteiger partial charge in [0.2, 0.25) is 5.91 Å². The number of aliphatic carboxylic acids is 1. The number of esters is 1. The average Bonchev–Trinajstić information content (AvgIpc) is 2.93. The van der Waals surface area contributed by atoms with Crippen molar-refractivity contribution in [2.45, 2.75) is 92.3 Å². The second kappa shape index (κ2) is 17.9. The van der Waals surface area contributed by atoms with Crippen LogP contribution in [0.15, 0.2) is 71.9 Å². The minimum absolute atomic E-state index is 0.0401. The van der Waals surface area contributed by atoms with Crippen molar-refractivity contribution in [3.05, 3.63) is 71.9 Å². The van der Waals surface area contributed by atoms with Crippen LogP contribution in [-0.4, -0.2) is 60.0 Å². The first-order valence-corrected chi connectivity index (χ1v) is 15.2. The Morgan fingerprint density at radius 2 is 1.78 bits per heavy atom. The van der Waals surface area contributed by atoms with Crippen molar-refractivity contribution in [2.24, 2.45) is 23.2 Å². The number of amides is 1. The van der Waals surface area contributed by atoms with E-state index in [1.165, 1.54) is 13.0 Å². The average molecular weight is 639 g/mol. The van der Waals surface area contributed by atoms with E-state index in [-0.39, 0.29) is 23.2 Å². The van der Waals surface area contributed by atoms with Gasteiger partial charge in [-0.15, -0.1) is 0 Å². The number of fused-ring (bicyclic) bond motifs is 1. The van der Waals surface area contributed by atoms with Crippen LogP contribution < -0.4 is 15.7 Å². The summed E-state index contributed by atoms with van der Waals surface area (Å²) in [6, 6.07) is -0.0231. The first-order valence-electron chi connectivity index (χ1n) is 15.2. The number of aliphatic hydroxyl groups is 1. The number of alkyl halides is 3. The molecule has 0 radical (unpaired) electrons. The Morgan fingerprint density at radius 1 is 1.16 bits per heavy atom. The molecule has 0 aromatic heterocycles. The van der Waals surface area contributed by atoms with Crippen molar-refractivity contribution in [1.29, 1.82) is 0 Å². The van der Waals surface area contributed by atoms with Gasteiger partial charge in [-0.1, -0.05) is 80.5 Å². The quantitative estimate of drug-likeness (QED) is 0.302. The molecule has 0 unspecified atom stereocenters. The highest BCUT2D eigenvalue weighted by molar-refractivity contribution is 5.82. The number of halogens is 3. The third kappa shape index (κ3) is 13.6. The number of hydrogen-bond acceptors (Lipinski definition) is 6. The predicted molar refractivity (Wildman–Crippen MR) is 165 cm³/mol. The van der Waals surface area contributed by atoms with E-state index < -0.39 is 42.3 Å². The van der Waals surface area contributed by atoms with E-state index >= 15 is 0 Å². The van der Waals surface area contributed by atoms with Crippen molar-refractivity contribution >= 4 is 17.8 Å². The van der Waals surface area contributed by atoms with Gasteiger partial charge in [0, 0.05) is 42.6 Å². The lowest BCUT2D eigenvalue weighted by Gasteiger charge is -2.37. The third-order valence-corrected chi connectivity index (χ3v) is 7.97. The summed E-state index contributed by atoms with van der Waals surface area (Å²) in [6.07, 6.45) is 15.0. The molecule has 4 N–H and O–H groups in total. The molecule has 0 saturated carbocycles. The summed E-state index contributed by atoms with van der Waals surface area (Å²) in [5.41, 5.74) is 2.14. The van der Waals surface area contributed by atoms with Gasteiger partial charge in [0.15, 0.2) is 0 Å². The topological polar surface area (TPSA) is 132 Å². The molecular weight excluding hydrogens is 589 g/mol. The van der Waals surface area contributed by atoms with Crippen molar-refractivity contribution in [1.82, 2.24) is 5.32 Å². The van der Waals surface area contributed by atoms with E-state index in [4.69, 9.17) is 14.6 Å². The smallest absolute Gasteiger partial charge is 0.430 e. The summed E-state index contributed by atoms with van der Waals surface area (Å²) in [6.45, 7) is 16.7. The van der Waals surface area contributed by atoms with Crippen molar-refractivity contribution < 1.29 is 47.8 Å². The van der Waals surface area contributed by atoms with Gasteiger partial charge < -0.3 is 30.4 Å². The normalized spacial score (nSPS) is 32.3. The Kier molecular flexibility index (Phi) is 15.7. The van der Waals surface area contributed by atoms with Crippen molar-refractivity contribution in [2.75, 3.05) is 6.54 Å². The zero-order valence-corrected chi connectivity index (χ0v) is 27.4. The van der Waals surface area contributed by atoms with Gasteiger partial charge in [-0.05, 0) is 33.8 Å². The maximum atomic E-state index is 12.8. The Hall–Kier alpha value is -3.44. The molecule has 0 spiro atoms. The first kappa shape index (κ1) is 39.6. The molecule has 252 valence electrons. The molecule has 1 amide bonds. The number of likely N-dealkylation sites (N-methyl/N-ethyl adjacent to an activating group) is 1. The van der Waals surface area contributed by atoms with Crippen LogP contribution in [0, 0.1) is 23.2 Å². The molecular formula is C34H49F3N2O6. The van der Waals surface area contributed by atoms with E-state index in [9.17, 15) is 27.9 Å². The minimum Gasteiger partial charge on any atom is -0.542 e.